The zero-order chi connectivity index (χ0) is 16.5. The Kier molecular flexibility index (Phi) is 6.63. The molecule has 122 valence electrons. The molecule has 2 aliphatic rings. The Morgan fingerprint density at radius 1 is 0.957 bits per heavy atom. The predicted octanol–water partition coefficient (Wildman–Crippen LogP) is 5.66. The van der Waals surface area contributed by atoms with Gasteiger partial charge in [0.25, 0.3) is 0 Å². The summed E-state index contributed by atoms with van der Waals surface area (Å²) in [5, 5.41) is 3.12. The van der Waals surface area contributed by atoms with Gasteiger partial charge in [0.1, 0.15) is 5.82 Å². The van der Waals surface area contributed by atoms with E-state index in [0.29, 0.717) is 11.4 Å². The molecule has 0 spiro atoms. The molecule has 23 heavy (non-hydrogen) atoms. The first-order valence-electron chi connectivity index (χ1n) is 7.89. The molecular formula is C19H22FNO2. The summed E-state index contributed by atoms with van der Waals surface area (Å²) in [6, 6.07) is 12.0. The molecule has 4 rings (SSSR count). The van der Waals surface area contributed by atoms with Crippen LogP contribution in [0.15, 0.2) is 54.6 Å². The minimum absolute atomic E-state index is 0.274. The van der Waals surface area contributed by atoms with E-state index < -0.39 is 0 Å². The van der Waals surface area contributed by atoms with Gasteiger partial charge in [0, 0.05) is 6.07 Å². The van der Waals surface area contributed by atoms with Crippen LogP contribution in [-0.4, -0.2) is 13.2 Å². The van der Waals surface area contributed by atoms with E-state index in [2.05, 4.69) is 11.4 Å². The lowest BCUT2D eigenvalue weighted by molar-refractivity contribution is 0.158. The first-order valence-corrected chi connectivity index (χ1v) is 7.89. The van der Waals surface area contributed by atoms with Crippen molar-refractivity contribution in [3.05, 3.63) is 60.4 Å². The van der Waals surface area contributed by atoms with Crippen molar-refractivity contribution in [2.75, 3.05) is 18.5 Å². The van der Waals surface area contributed by atoms with Crippen LogP contribution in [0.4, 0.5) is 15.8 Å². The molecule has 2 aromatic carbocycles. The Labute approximate surface area is 136 Å². The quantitative estimate of drug-likeness (QED) is 0.543. The van der Waals surface area contributed by atoms with Crippen molar-refractivity contribution in [1.82, 2.24) is 0 Å². The minimum atomic E-state index is -0.274. The zero-order valence-corrected chi connectivity index (χ0v) is 13.5. The van der Waals surface area contributed by atoms with Gasteiger partial charge in [-0.1, -0.05) is 38.1 Å². The maximum absolute atomic E-state index is 13.0. The molecule has 0 atom stereocenters. The number of rotatable bonds is 0. The number of nitrogens with one attached hydrogen (secondary N) is 1. The van der Waals surface area contributed by atoms with E-state index in [4.69, 9.17) is 9.47 Å². The molecule has 0 bridgehead atoms. The number of benzene rings is 2. The molecule has 0 amide bonds. The number of hydrogen-bond donors (Lipinski definition) is 1. The molecule has 0 saturated carbocycles. The van der Waals surface area contributed by atoms with Crippen molar-refractivity contribution < 1.29 is 13.9 Å². The lowest BCUT2D eigenvalue weighted by Crippen LogP contribution is -2.02. The molecule has 2 aliphatic heterocycles. The molecule has 2 heterocycles. The van der Waals surface area contributed by atoms with Crippen molar-refractivity contribution in [2.45, 2.75) is 20.3 Å². The van der Waals surface area contributed by atoms with Gasteiger partial charge in [-0.25, -0.2) is 4.39 Å². The van der Waals surface area contributed by atoms with Gasteiger partial charge in [-0.3, -0.25) is 0 Å². The van der Waals surface area contributed by atoms with E-state index in [1.807, 2.05) is 44.2 Å². The SMILES string of the molecule is C1=CCOCC1.CC.Fc1ccc2c(c1)Nc1ccccc1O2. The highest BCUT2D eigenvalue weighted by atomic mass is 19.1. The number of para-hydroxylation sites is 2. The standard InChI is InChI=1S/C12H8FNO.C5H8O.C2H6/c13-8-5-6-12-10(7-8)14-9-3-1-2-4-11(9)15-12;1-2-4-6-5-3-1;1-2/h1-7,14H;1-2H,3-5H2;1-2H3. The summed E-state index contributed by atoms with van der Waals surface area (Å²) < 4.78 is 23.6. The van der Waals surface area contributed by atoms with E-state index in [9.17, 15) is 4.39 Å². The Bertz CT molecular complexity index is 648. The number of fused-ring (bicyclic) bond motifs is 2. The smallest absolute Gasteiger partial charge is 0.151 e. The van der Waals surface area contributed by atoms with Gasteiger partial charge in [-0.15, -0.1) is 0 Å². The Morgan fingerprint density at radius 3 is 2.39 bits per heavy atom. The summed E-state index contributed by atoms with van der Waals surface area (Å²) in [7, 11) is 0. The van der Waals surface area contributed by atoms with Crippen LogP contribution in [0.25, 0.3) is 0 Å². The number of hydrogen-bond acceptors (Lipinski definition) is 3. The molecule has 0 aliphatic carbocycles. The molecule has 0 fully saturated rings. The summed E-state index contributed by atoms with van der Waals surface area (Å²) in [5.41, 5.74) is 1.52. The van der Waals surface area contributed by atoms with E-state index in [0.717, 1.165) is 31.1 Å². The van der Waals surface area contributed by atoms with Crippen molar-refractivity contribution in [3.63, 3.8) is 0 Å². The van der Waals surface area contributed by atoms with Crippen LogP contribution >= 0.6 is 0 Å². The van der Waals surface area contributed by atoms with Gasteiger partial charge in [0.2, 0.25) is 0 Å². The van der Waals surface area contributed by atoms with Gasteiger partial charge in [-0.05, 0) is 30.7 Å². The van der Waals surface area contributed by atoms with Gasteiger partial charge in [-0.2, -0.15) is 0 Å². The minimum Gasteiger partial charge on any atom is -0.453 e. The number of anilines is 2. The topological polar surface area (TPSA) is 30.5 Å². The third kappa shape index (κ3) is 4.83. The highest BCUT2D eigenvalue weighted by molar-refractivity contribution is 5.75. The van der Waals surface area contributed by atoms with Crippen molar-refractivity contribution >= 4 is 11.4 Å². The highest BCUT2D eigenvalue weighted by Gasteiger charge is 2.15. The van der Waals surface area contributed by atoms with E-state index >= 15 is 0 Å². The second kappa shape index (κ2) is 8.96. The first kappa shape index (κ1) is 17.0. The Morgan fingerprint density at radius 2 is 1.74 bits per heavy atom. The molecule has 0 radical (unpaired) electrons. The Hall–Kier alpha value is -2.33. The van der Waals surface area contributed by atoms with Crippen LogP contribution < -0.4 is 10.1 Å². The summed E-state index contributed by atoms with van der Waals surface area (Å²) >= 11 is 0. The van der Waals surface area contributed by atoms with Crippen molar-refractivity contribution in [2.24, 2.45) is 0 Å². The third-order valence-corrected chi connectivity index (χ3v) is 3.13. The number of ether oxygens (including phenoxy) is 2. The van der Waals surface area contributed by atoms with Gasteiger partial charge < -0.3 is 14.8 Å². The fourth-order valence-electron chi connectivity index (χ4n) is 2.10. The fourth-order valence-corrected chi connectivity index (χ4v) is 2.10. The van der Waals surface area contributed by atoms with E-state index in [1.165, 1.54) is 12.1 Å². The Balaban J connectivity index is 0.000000202. The predicted molar refractivity (Wildman–Crippen MR) is 92.1 cm³/mol. The maximum atomic E-state index is 13.0. The van der Waals surface area contributed by atoms with Crippen molar-refractivity contribution in [1.29, 1.82) is 0 Å². The van der Waals surface area contributed by atoms with Crippen LogP contribution in [0.2, 0.25) is 0 Å². The van der Waals surface area contributed by atoms with Crippen LogP contribution in [0, 0.1) is 5.82 Å². The third-order valence-electron chi connectivity index (χ3n) is 3.13. The highest BCUT2D eigenvalue weighted by Crippen LogP contribution is 2.41. The lowest BCUT2D eigenvalue weighted by atomic mass is 10.2. The molecule has 0 aromatic heterocycles. The van der Waals surface area contributed by atoms with Crippen molar-refractivity contribution in [3.8, 4) is 11.5 Å². The second-order valence-electron chi connectivity index (χ2n) is 4.70. The average Bonchev–Trinajstić information content (AvgIpc) is 2.63. The van der Waals surface area contributed by atoms with Gasteiger partial charge >= 0.3 is 0 Å². The molecule has 1 N–H and O–H groups in total. The van der Waals surface area contributed by atoms with Crippen LogP contribution in [0.1, 0.15) is 20.3 Å². The molecule has 3 nitrogen and oxygen atoms in total. The zero-order valence-electron chi connectivity index (χ0n) is 13.5. The summed E-state index contributed by atoms with van der Waals surface area (Å²) in [6.07, 6.45) is 5.28. The van der Waals surface area contributed by atoms with E-state index in [-0.39, 0.29) is 5.82 Å². The van der Waals surface area contributed by atoms with Crippen LogP contribution in [0.3, 0.4) is 0 Å². The average molecular weight is 315 g/mol. The summed E-state index contributed by atoms with van der Waals surface area (Å²) in [4.78, 5) is 0. The lowest BCUT2D eigenvalue weighted by Gasteiger charge is -2.21. The molecule has 0 saturated heterocycles. The van der Waals surface area contributed by atoms with Gasteiger partial charge in [0.05, 0.1) is 24.6 Å². The molecular weight excluding hydrogens is 293 g/mol. The maximum Gasteiger partial charge on any atom is 0.151 e. The molecule has 0 unspecified atom stereocenters. The number of halogens is 1. The van der Waals surface area contributed by atoms with Crippen LogP contribution in [0.5, 0.6) is 11.5 Å². The van der Waals surface area contributed by atoms with Gasteiger partial charge in [0.15, 0.2) is 11.5 Å². The molecule has 4 heteroatoms. The normalized spacial score (nSPS) is 13.7. The molecule has 2 aromatic rings. The largest absolute Gasteiger partial charge is 0.453 e. The monoisotopic (exact) mass is 315 g/mol. The fraction of sp³-hybridized carbons (Fsp3) is 0.263. The van der Waals surface area contributed by atoms with E-state index in [1.54, 1.807) is 6.07 Å². The first-order chi connectivity index (χ1) is 11.3. The summed E-state index contributed by atoms with van der Waals surface area (Å²) in [5.74, 6) is 1.14. The second-order valence-corrected chi connectivity index (χ2v) is 4.70. The van der Waals surface area contributed by atoms with Crippen LogP contribution in [-0.2, 0) is 4.74 Å². The summed E-state index contributed by atoms with van der Waals surface area (Å²) in [6.45, 7) is 5.73.